The van der Waals surface area contributed by atoms with Crippen molar-refractivity contribution in [2.24, 2.45) is 0 Å². The molecule has 2 rings (SSSR count). The van der Waals surface area contributed by atoms with Crippen LogP contribution < -0.4 is 10.1 Å². The Balaban J connectivity index is 2.09. The summed E-state index contributed by atoms with van der Waals surface area (Å²) in [5.74, 6) is 1.89. The first-order valence-electron chi connectivity index (χ1n) is 7.29. The topological polar surface area (TPSA) is 21.3 Å². The summed E-state index contributed by atoms with van der Waals surface area (Å²) in [7, 11) is 1.74. The second kappa shape index (κ2) is 8.11. The van der Waals surface area contributed by atoms with Gasteiger partial charge in [0.25, 0.3) is 0 Å². The van der Waals surface area contributed by atoms with Gasteiger partial charge in [0.1, 0.15) is 5.75 Å². The Bertz CT molecular complexity index is 583. The molecule has 0 aromatic heterocycles. The highest BCUT2D eigenvalue weighted by Crippen LogP contribution is 2.29. The molecule has 0 saturated carbocycles. The van der Waals surface area contributed by atoms with Crippen LogP contribution in [0.15, 0.2) is 47.4 Å². The van der Waals surface area contributed by atoms with E-state index in [2.05, 4.69) is 61.6 Å². The Morgan fingerprint density at radius 3 is 2.71 bits per heavy atom. The van der Waals surface area contributed by atoms with Gasteiger partial charge in [-0.15, -0.1) is 11.8 Å². The standard InChI is InChI=1S/C18H23NOS/c1-4-19-12-15-8-9-18(20-3)16(11-15)13-21-17-7-5-6-14(2)10-17/h5-11,19H,4,12-13H2,1-3H3. The number of rotatable bonds is 7. The van der Waals surface area contributed by atoms with Crippen molar-refractivity contribution in [3.63, 3.8) is 0 Å². The van der Waals surface area contributed by atoms with E-state index in [0.717, 1.165) is 24.6 Å². The summed E-state index contributed by atoms with van der Waals surface area (Å²) in [6, 6.07) is 15.1. The summed E-state index contributed by atoms with van der Waals surface area (Å²) < 4.78 is 5.48. The van der Waals surface area contributed by atoms with Gasteiger partial charge in [-0.2, -0.15) is 0 Å². The van der Waals surface area contributed by atoms with E-state index in [-0.39, 0.29) is 0 Å². The van der Waals surface area contributed by atoms with Crippen molar-refractivity contribution in [1.29, 1.82) is 0 Å². The lowest BCUT2D eigenvalue weighted by Gasteiger charge is -2.11. The SMILES string of the molecule is CCNCc1ccc(OC)c(CSc2cccc(C)c2)c1. The van der Waals surface area contributed by atoms with Crippen molar-refractivity contribution < 1.29 is 4.74 Å². The molecule has 0 aliphatic carbocycles. The fourth-order valence-electron chi connectivity index (χ4n) is 2.19. The molecule has 0 fully saturated rings. The number of benzene rings is 2. The normalized spacial score (nSPS) is 10.6. The van der Waals surface area contributed by atoms with Crippen molar-refractivity contribution >= 4 is 11.8 Å². The largest absolute Gasteiger partial charge is 0.496 e. The van der Waals surface area contributed by atoms with Crippen LogP contribution in [0.3, 0.4) is 0 Å². The second-order valence-electron chi connectivity index (χ2n) is 5.03. The molecule has 0 unspecified atom stereocenters. The average molecular weight is 301 g/mol. The van der Waals surface area contributed by atoms with Crippen molar-refractivity contribution in [3.05, 3.63) is 59.2 Å². The van der Waals surface area contributed by atoms with Crippen molar-refractivity contribution in [2.45, 2.75) is 31.0 Å². The van der Waals surface area contributed by atoms with E-state index in [9.17, 15) is 0 Å². The van der Waals surface area contributed by atoms with Gasteiger partial charge in [0.15, 0.2) is 0 Å². The Morgan fingerprint density at radius 2 is 2.00 bits per heavy atom. The molecule has 0 radical (unpaired) electrons. The lowest BCUT2D eigenvalue weighted by atomic mass is 10.1. The third-order valence-electron chi connectivity index (χ3n) is 3.31. The summed E-state index contributed by atoms with van der Waals surface area (Å²) in [5, 5.41) is 3.36. The number of methoxy groups -OCH3 is 1. The molecule has 0 aliphatic heterocycles. The molecule has 0 atom stereocenters. The molecule has 0 amide bonds. The second-order valence-corrected chi connectivity index (χ2v) is 6.08. The summed E-state index contributed by atoms with van der Waals surface area (Å²) in [6.45, 7) is 6.14. The number of nitrogens with one attached hydrogen (secondary N) is 1. The zero-order valence-electron chi connectivity index (χ0n) is 13.0. The third-order valence-corrected chi connectivity index (χ3v) is 4.35. The molecule has 0 heterocycles. The van der Waals surface area contributed by atoms with Crippen LogP contribution in [-0.4, -0.2) is 13.7 Å². The monoisotopic (exact) mass is 301 g/mol. The quantitative estimate of drug-likeness (QED) is 0.766. The number of ether oxygens (including phenoxy) is 1. The predicted octanol–water partition coefficient (Wildman–Crippen LogP) is 4.41. The van der Waals surface area contributed by atoms with Gasteiger partial charge in [-0.25, -0.2) is 0 Å². The highest BCUT2D eigenvalue weighted by Gasteiger charge is 2.06. The van der Waals surface area contributed by atoms with Crippen LogP contribution >= 0.6 is 11.8 Å². The van der Waals surface area contributed by atoms with Crippen LogP contribution in [0.4, 0.5) is 0 Å². The Labute approximate surface area is 131 Å². The maximum atomic E-state index is 5.48. The van der Waals surface area contributed by atoms with Gasteiger partial charge >= 0.3 is 0 Å². The molecule has 0 spiro atoms. The van der Waals surface area contributed by atoms with Gasteiger partial charge < -0.3 is 10.1 Å². The lowest BCUT2D eigenvalue weighted by Crippen LogP contribution is -2.11. The zero-order valence-corrected chi connectivity index (χ0v) is 13.8. The smallest absolute Gasteiger partial charge is 0.122 e. The first-order chi connectivity index (χ1) is 10.2. The van der Waals surface area contributed by atoms with E-state index in [1.807, 2.05) is 11.8 Å². The van der Waals surface area contributed by atoms with Crippen LogP contribution in [-0.2, 0) is 12.3 Å². The van der Waals surface area contributed by atoms with Gasteiger partial charge in [0, 0.05) is 22.8 Å². The first-order valence-corrected chi connectivity index (χ1v) is 8.27. The summed E-state index contributed by atoms with van der Waals surface area (Å²) in [4.78, 5) is 1.30. The minimum atomic E-state index is 0.905. The molecule has 0 aliphatic rings. The van der Waals surface area contributed by atoms with Crippen LogP contribution in [0.1, 0.15) is 23.6 Å². The van der Waals surface area contributed by atoms with Crippen molar-refractivity contribution in [3.8, 4) is 5.75 Å². The van der Waals surface area contributed by atoms with E-state index in [1.165, 1.54) is 21.6 Å². The van der Waals surface area contributed by atoms with Gasteiger partial charge in [-0.05, 0) is 43.3 Å². The van der Waals surface area contributed by atoms with E-state index >= 15 is 0 Å². The van der Waals surface area contributed by atoms with Crippen LogP contribution in [0.2, 0.25) is 0 Å². The van der Waals surface area contributed by atoms with Gasteiger partial charge in [0.2, 0.25) is 0 Å². The van der Waals surface area contributed by atoms with Gasteiger partial charge in [-0.3, -0.25) is 0 Å². The summed E-state index contributed by atoms with van der Waals surface area (Å²) in [5.41, 5.74) is 3.85. The molecule has 21 heavy (non-hydrogen) atoms. The van der Waals surface area contributed by atoms with Crippen molar-refractivity contribution in [1.82, 2.24) is 5.32 Å². The molecular weight excluding hydrogens is 278 g/mol. The minimum Gasteiger partial charge on any atom is -0.496 e. The molecule has 2 aromatic carbocycles. The van der Waals surface area contributed by atoms with E-state index < -0.39 is 0 Å². The molecule has 2 nitrogen and oxygen atoms in total. The average Bonchev–Trinajstić information content (AvgIpc) is 2.51. The molecule has 112 valence electrons. The molecule has 1 N–H and O–H groups in total. The third kappa shape index (κ3) is 4.80. The minimum absolute atomic E-state index is 0.905. The fraction of sp³-hybridized carbons (Fsp3) is 0.333. The number of thioether (sulfide) groups is 1. The molecule has 0 saturated heterocycles. The zero-order chi connectivity index (χ0) is 15.1. The highest BCUT2D eigenvalue weighted by molar-refractivity contribution is 7.98. The van der Waals surface area contributed by atoms with Crippen LogP contribution in [0.5, 0.6) is 5.75 Å². The van der Waals surface area contributed by atoms with Crippen molar-refractivity contribution in [2.75, 3.05) is 13.7 Å². The maximum absolute atomic E-state index is 5.48. The predicted molar refractivity (Wildman–Crippen MR) is 91.1 cm³/mol. The number of aryl methyl sites for hydroxylation is 1. The molecule has 3 heteroatoms. The number of hydrogen-bond donors (Lipinski definition) is 1. The highest BCUT2D eigenvalue weighted by atomic mass is 32.2. The molecule has 0 bridgehead atoms. The van der Waals surface area contributed by atoms with Crippen LogP contribution in [0.25, 0.3) is 0 Å². The van der Waals surface area contributed by atoms with E-state index in [0.29, 0.717) is 0 Å². The van der Waals surface area contributed by atoms with Crippen LogP contribution in [0, 0.1) is 6.92 Å². The lowest BCUT2D eigenvalue weighted by molar-refractivity contribution is 0.411. The molecular formula is C18H23NOS. The van der Waals surface area contributed by atoms with E-state index in [4.69, 9.17) is 4.74 Å². The maximum Gasteiger partial charge on any atom is 0.122 e. The molecule has 2 aromatic rings. The summed E-state index contributed by atoms with van der Waals surface area (Å²) >= 11 is 1.85. The van der Waals surface area contributed by atoms with E-state index in [1.54, 1.807) is 7.11 Å². The Morgan fingerprint density at radius 1 is 1.14 bits per heavy atom. The fourth-order valence-corrected chi connectivity index (χ4v) is 3.18. The summed E-state index contributed by atoms with van der Waals surface area (Å²) in [6.07, 6.45) is 0. The number of hydrogen-bond acceptors (Lipinski definition) is 3. The first kappa shape index (κ1) is 15.9. The Hall–Kier alpha value is -1.45. The van der Waals surface area contributed by atoms with Gasteiger partial charge in [-0.1, -0.05) is 30.7 Å². The Kier molecular flexibility index (Phi) is 6.15. The van der Waals surface area contributed by atoms with Gasteiger partial charge in [0.05, 0.1) is 7.11 Å².